The standard InChI is InChI=1S/C46H31N/c1-2-11-29(12-3-1)30-21-23-43-32(25-30)27-34-28-33-26-31(22-24-44(33)47(34)43)35-16-10-20-42-45(35)38-15-6-9-19-41(38)46(42)39-17-7-4-13-36(39)37-14-5-8-18-40(37)46/h1-26,34H,27-28H2. The number of nitrogens with zero attached hydrogens (tertiary/aromatic N) is 1. The summed E-state index contributed by atoms with van der Waals surface area (Å²) in [6, 6.07) is 59.8. The molecule has 2 aliphatic heterocycles. The molecule has 0 saturated heterocycles. The maximum Gasteiger partial charge on any atom is 0.0725 e. The quantitative estimate of drug-likeness (QED) is 0.192. The molecule has 1 atom stereocenters. The van der Waals surface area contributed by atoms with E-state index in [0.29, 0.717) is 6.04 Å². The van der Waals surface area contributed by atoms with E-state index >= 15 is 0 Å². The van der Waals surface area contributed by atoms with Crippen molar-refractivity contribution in [3.05, 3.63) is 191 Å². The van der Waals surface area contributed by atoms with Gasteiger partial charge in [0, 0.05) is 17.4 Å². The minimum atomic E-state index is -0.309. The first-order valence-electron chi connectivity index (χ1n) is 16.8. The van der Waals surface area contributed by atoms with Crippen LogP contribution in [-0.2, 0) is 18.3 Å². The van der Waals surface area contributed by atoms with Gasteiger partial charge in [-0.15, -0.1) is 0 Å². The van der Waals surface area contributed by atoms with Crippen LogP contribution in [0.25, 0.3) is 44.5 Å². The number of hydrogen-bond acceptors (Lipinski definition) is 1. The SMILES string of the molecule is c1ccc(-c2ccc3c(c2)CC2Cc4cc(-c5cccc6c5-c5ccccc5C65c6ccccc6-c6ccccc65)ccc4N32)cc1. The Morgan fingerprint density at radius 2 is 0.915 bits per heavy atom. The number of rotatable bonds is 2. The van der Waals surface area contributed by atoms with Crippen LogP contribution in [0.4, 0.5) is 11.4 Å². The lowest BCUT2D eigenvalue weighted by Crippen LogP contribution is -2.25. The summed E-state index contributed by atoms with van der Waals surface area (Å²) in [6.45, 7) is 0. The fourth-order valence-corrected chi connectivity index (χ4v) is 9.62. The molecular weight excluding hydrogens is 567 g/mol. The first-order valence-corrected chi connectivity index (χ1v) is 16.8. The Kier molecular flexibility index (Phi) is 5.00. The molecule has 7 aromatic carbocycles. The molecule has 0 fully saturated rings. The Morgan fingerprint density at radius 3 is 1.60 bits per heavy atom. The summed E-state index contributed by atoms with van der Waals surface area (Å²) in [5.74, 6) is 0. The van der Waals surface area contributed by atoms with Gasteiger partial charge in [-0.3, -0.25) is 0 Å². The van der Waals surface area contributed by atoms with Crippen LogP contribution < -0.4 is 4.90 Å². The third-order valence-corrected chi connectivity index (χ3v) is 11.4. The third-order valence-electron chi connectivity index (χ3n) is 11.4. The molecule has 1 unspecified atom stereocenters. The van der Waals surface area contributed by atoms with E-state index in [-0.39, 0.29) is 5.41 Å². The maximum absolute atomic E-state index is 2.61. The molecule has 0 bridgehead atoms. The number of fused-ring (bicyclic) bond motifs is 15. The van der Waals surface area contributed by atoms with Gasteiger partial charge in [-0.1, -0.05) is 133 Å². The van der Waals surface area contributed by atoms with Gasteiger partial charge in [0.1, 0.15) is 0 Å². The molecule has 7 aromatic rings. The second-order valence-electron chi connectivity index (χ2n) is 13.6. The van der Waals surface area contributed by atoms with Gasteiger partial charge in [0.05, 0.1) is 5.41 Å². The zero-order valence-corrected chi connectivity index (χ0v) is 25.9. The molecule has 0 aromatic heterocycles. The van der Waals surface area contributed by atoms with Gasteiger partial charge in [0.2, 0.25) is 0 Å². The van der Waals surface area contributed by atoms with Crippen LogP contribution >= 0.6 is 0 Å². The molecule has 11 rings (SSSR count). The van der Waals surface area contributed by atoms with E-state index in [1.54, 1.807) is 0 Å². The normalized spacial score (nSPS) is 16.7. The van der Waals surface area contributed by atoms with Crippen molar-refractivity contribution in [2.75, 3.05) is 4.90 Å². The largest absolute Gasteiger partial charge is 0.337 e. The Bertz CT molecular complexity index is 2390. The number of anilines is 2. The van der Waals surface area contributed by atoms with Crippen LogP contribution in [0.5, 0.6) is 0 Å². The van der Waals surface area contributed by atoms with Crippen molar-refractivity contribution in [2.24, 2.45) is 0 Å². The minimum Gasteiger partial charge on any atom is -0.337 e. The minimum absolute atomic E-state index is 0.309. The fraction of sp³-hybridized carbons (Fsp3) is 0.0870. The highest BCUT2D eigenvalue weighted by atomic mass is 15.2. The predicted molar refractivity (Wildman–Crippen MR) is 193 cm³/mol. The van der Waals surface area contributed by atoms with Gasteiger partial charge in [-0.2, -0.15) is 0 Å². The van der Waals surface area contributed by atoms with Crippen LogP contribution in [0.15, 0.2) is 158 Å². The highest BCUT2D eigenvalue weighted by Crippen LogP contribution is 2.64. The lowest BCUT2D eigenvalue weighted by atomic mass is 9.70. The van der Waals surface area contributed by atoms with Crippen LogP contribution in [0.1, 0.15) is 33.4 Å². The first kappa shape index (κ1) is 25.5. The molecule has 0 radical (unpaired) electrons. The average Bonchev–Trinajstić information content (AvgIpc) is 3.85. The molecule has 220 valence electrons. The van der Waals surface area contributed by atoms with Crippen molar-refractivity contribution >= 4 is 11.4 Å². The second kappa shape index (κ2) is 9.21. The van der Waals surface area contributed by atoms with Crippen LogP contribution in [0, 0.1) is 0 Å². The molecule has 47 heavy (non-hydrogen) atoms. The molecule has 0 N–H and O–H groups in total. The molecule has 1 heteroatoms. The topological polar surface area (TPSA) is 3.24 Å². The summed E-state index contributed by atoms with van der Waals surface area (Å²) in [6.07, 6.45) is 2.17. The Labute approximate surface area is 275 Å². The van der Waals surface area contributed by atoms with Crippen molar-refractivity contribution in [3.63, 3.8) is 0 Å². The van der Waals surface area contributed by atoms with Gasteiger partial charge < -0.3 is 4.90 Å². The van der Waals surface area contributed by atoms with Crippen LogP contribution in [0.2, 0.25) is 0 Å². The summed E-state index contributed by atoms with van der Waals surface area (Å²) in [7, 11) is 0. The highest BCUT2D eigenvalue weighted by Gasteiger charge is 2.52. The van der Waals surface area contributed by atoms with Gasteiger partial charge in [-0.05, 0) is 115 Å². The molecule has 0 saturated carbocycles. The fourth-order valence-electron chi connectivity index (χ4n) is 9.62. The summed E-state index contributed by atoms with van der Waals surface area (Å²) < 4.78 is 0. The van der Waals surface area contributed by atoms with Crippen molar-refractivity contribution < 1.29 is 0 Å². The van der Waals surface area contributed by atoms with Crippen molar-refractivity contribution in [2.45, 2.75) is 24.3 Å². The Hall–Kier alpha value is -5.66. The van der Waals surface area contributed by atoms with Crippen molar-refractivity contribution in [3.8, 4) is 44.5 Å². The van der Waals surface area contributed by atoms with Crippen LogP contribution in [-0.4, -0.2) is 6.04 Å². The summed E-state index contributed by atoms with van der Waals surface area (Å²) in [5, 5.41) is 0. The monoisotopic (exact) mass is 597 g/mol. The molecule has 1 spiro atoms. The van der Waals surface area contributed by atoms with E-state index in [2.05, 4.69) is 163 Å². The summed E-state index contributed by atoms with van der Waals surface area (Å²) in [4.78, 5) is 2.61. The average molecular weight is 598 g/mol. The third kappa shape index (κ3) is 3.24. The lowest BCUT2D eigenvalue weighted by Gasteiger charge is -2.30. The zero-order chi connectivity index (χ0) is 30.7. The molecule has 4 aliphatic rings. The molecule has 2 heterocycles. The van der Waals surface area contributed by atoms with E-state index < -0.39 is 0 Å². The molecular formula is C46H31N. The maximum atomic E-state index is 2.61. The summed E-state index contributed by atoms with van der Waals surface area (Å²) in [5.41, 5.74) is 21.6. The molecule has 2 aliphatic carbocycles. The second-order valence-corrected chi connectivity index (χ2v) is 13.6. The van der Waals surface area contributed by atoms with Gasteiger partial charge in [0.15, 0.2) is 0 Å². The highest BCUT2D eigenvalue weighted by molar-refractivity contribution is 6.00. The van der Waals surface area contributed by atoms with Gasteiger partial charge >= 0.3 is 0 Å². The summed E-state index contributed by atoms with van der Waals surface area (Å²) >= 11 is 0. The van der Waals surface area contributed by atoms with Crippen molar-refractivity contribution in [1.82, 2.24) is 0 Å². The van der Waals surface area contributed by atoms with Crippen molar-refractivity contribution in [1.29, 1.82) is 0 Å². The first-order chi connectivity index (χ1) is 23.3. The Balaban J connectivity index is 1.06. The zero-order valence-electron chi connectivity index (χ0n) is 25.9. The van der Waals surface area contributed by atoms with E-state index in [4.69, 9.17) is 0 Å². The van der Waals surface area contributed by atoms with Gasteiger partial charge in [-0.25, -0.2) is 0 Å². The van der Waals surface area contributed by atoms with Crippen LogP contribution in [0.3, 0.4) is 0 Å². The smallest absolute Gasteiger partial charge is 0.0725 e. The van der Waals surface area contributed by atoms with Gasteiger partial charge in [0.25, 0.3) is 0 Å². The van der Waals surface area contributed by atoms with E-state index in [0.717, 1.165) is 12.8 Å². The lowest BCUT2D eigenvalue weighted by molar-refractivity contribution is 0.725. The van der Waals surface area contributed by atoms with E-state index in [9.17, 15) is 0 Å². The number of hydrogen-bond donors (Lipinski definition) is 0. The number of benzene rings is 7. The molecule has 0 amide bonds. The van der Waals surface area contributed by atoms with E-state index in [1.807, 2.05) is 0 Å². The predicted octanol–water partition coefficient (Wildman–Crippen LogP) is 11.0. The Morgan fingerprint density at radius 1 is 0.404 bits per heavy atom. The molecule has 1 nitrogen and oxygen atoms in total. The van der Waals surface area contributed by atoms with E-state index in [1.165, 1.54) is 89.3 Å².